The quantitative estimate of drug-likeness (QED) is 0.490. The lowest BCUT2D eigenvalue weighted by molar-refractivity contribution is -0.131. The summed E-state index contributed by atoms with van der Waals surface area (Å²) in [5.41, 5.74) is 2.44. The van der Waals surface area contributed by atoms with Crippen molar-refractivity contribution in [2.75, 3.05) is 13.1 Å². The molecule has 8 heteroatoms. The summed E-state index contributed by atoms with van der Waals surface area (Å²) in [6.07, 6.45) is 4.69. The van der Waals surface area contributed by atoms with Crippen LogP contribution in [0, 0.1) is 17.7 Å². The van der Waals surface area contributed by atoms with Crippen LogP contribution < -0.4 is 5.69 Å². The molecule has 2 aromatic heterocycles. The van der Waals surface area contributed by atoms with E-state index in [-0.39, 0.29) is 29.2 Å². The molecule has 4 aromatic rings. The van der Waals surface area contributed by atoms with Gasteiger partial charge in [-0.15, -0.1) is 0 Å². The summed E-state index contributed by atoms with van der Waals surface area (Å²) in [4.78, 5) is 29.9. The zero-order chi connectivity index (χ0) is 22.5. The number of likely N-dealkylation sites (tertiary alicyclic amines) is 1. The van der Waals surface area contributed by atoms with Crippen molar-refractivity contribution in [3.05, 3.63) is 65.0 Å². The van der Waals surface area contributed by atoms with Crippen LogP contribution in [0.3, 0.4) is 0 Å². The van der Waals surface area contributed by atoms with Gasteiger partial charge in [-0.1, -0.05) is 24.3 Å². The lowest BCUT2D eigenvalue weighted by Crippen LogP contribution is -2.31. The van der Waals surface area contributed by atoms with Gasteiger partial charge in [0.15, 0.2) is 5.82 Å². The zero-order valence-corrected chi connectivity index (χ0v) is 18.1. The van der Waals surface area contributed by atoms with E-state index in [1.165, 1.54) is 6.07 Å². The fraction of sp³-hybridized carbons (Fsp3) is 0.320. The highest BCUT2D eigenvalue weighted by Gasteiger charge is 2.36. The van der Waals surface area contributed by atoms with Gasteiger partial charge in [0.1, 0.15) is 5.82 Å². The molecule has 2 fully saturated rings. The Bertz CT molecular complexity index is 1410. The summed E-state index contributed by atoms with van der Waals surface area (Å²) in [6, 6.07) is 12.7. The minimum absolute atomic E-state index is 0.179. The predicted molar refractivity (Wildman–Crippen MR) is 123 cm³/mol. The zero-order valence-electron chi connectivity index (χ0n) is 18.1. The molecule has 1 saturated carbocycles. The molecule has 7 nitrogen and oxygen atoms in total. The van der Waals surface area contributed by atoms with Crippen LogP contribution in [0.25, 0.3) is 33.4 Å². The summed E-state index contributed by atoms with van der Waals surface area (Å²) in [5.74, 6) is 0.667. The molecule has 1 unspecified atom stereocenters. The Kier molecular flexibility index (Phi) is 4.67. The van der Waals surface area contributed by atoms with Gasteiger partial charge in [-0.25, -0.2) is 14.3 Å². The van der Waals surface area contributed by atoms with Crippen molar-refractivity contribution in [1.82, 2.24) is 24.6 Å². The van der Waals surface area contributed by atoms with Gasteiger partial charge in [0.2, 0.25) is 5.91 Å². The van der Waals surface area contributed by atoms with E-state index in [2.05, 4.69) is 15.2 Å². The molecule has 6 rings (SSSR count). The summed E-state index contributed by atoms with van der Waals surface area (Å²) in [6.45, 7) is 1.84. The Morgan fingerprint density at radius 3 is 2.76 bits per heavy atom. The Hall–Kier alpha value is -3.68. The first-order valence-corrected chi connectivity index (χ1v) is 11.4. The van der Waals surface area contributed by atoms with Crippen molar-refractivity contribution >= 4 is 16.8 Å². The van der Waals surface area contributed by atoms with E-state index >= 15 is 4.39 Å². The van der Waals surface area contributed by atoms with E-state index in [1.54, 1.807) is 16.7 Å². The summed E-state index contributed by atoms with van der Waals surface area (Å²) < 4.78 is 16.7. The number of H-pyrrole nitrogens is 2. The van der Waals surface area contributed by atoms with E-state index in [9.17, 15) is 9.59 Å². The van der Waals surface area contributed by atoms with Gasteiger partial charge in [0, 0.05) is 48.4 Å². The molecule has 2 aliphatic rings. The number of amides is 1. The van der Waals surface area contributed by atoms with Gasteiger partial charge in [-0.3, -0.25) is 9.36 Å². The summed E-state index contributed by atoms with van der Waals surface area (Å²) in [5, 5.41) is 7.75. The van der Waals surface area contributed by atoms with Crippen molar-refractivity contribution in [3.8, 4) is 22.5 Å². The number of hydrogen-bond donors (Lipinski definition) is 2. The Balaban J connectivity index is 1.25. The molecule has 33 heavy (non-hydrogen) atoms. The SMILES string of the molecule is O=C(C1CC1)N1CCC(Cn2c(-c3ccc(-c4ccc5cc[nH]c5c4)c(F)c3)n[nH]c2=O)C1. The number of carbonyl (C=O) groups is 1. The van der Waals surface area contributed by atoms with Crippen LogP contribution in [-0.2, 0) is 11.3 Å². The fourth-order valence-corrected chi connectivity index (χ4v) is 4.84. The molecule has 168 valence electrons. The van der Waals surface area contributed by atoms with Crippen LogP contribution in [0.5, 0.6) is 0 Å². The lowest BCUT2D eigenvalue weighted by atomic mass is 10.0. The van der Waals surface area contributed by atoms with Gasteiger partial charge in [0.25, 0.3) is 0 Å². The van der Waals surface area contributed by atoms with Crippen LogP contribution in [0.2, 0.25) is 0 Å². The standard InChI is InChI=1S/C25H24FN5O2/c26-21-11-19(5-6-20(21)18-4-1-16-7-9-27-22(16)12-18)23-28-29-25(33)31(23)14-15-8-10-30(13-15)24(32)17-2-3-17/h1,4-7,9,11-12,15,17,27H,2-3,8,10,13-14H2,(H,29,33). The van der Waals surface area contributed by atoms with Gasteiger partial charge in [-0.2, -0.15) is 5.10 Å². The molecule has 2 aromatic carbocycles. The van der Waals surface area contributed by atoms with Gasteiger partial charge >= 0.3 is 5.69 Å². The second kappa shape index (κ2) is 7.72. The molecule has 2 N–H and O–H groups in total. The summed E-state index contributed by atoms with van der Waals surface area (Å²) in [7, 11) is 0. The van der Waals surface area contributed by atoms with E-state index in [0.717, 1.165) is 42.3 Å². The first-order chi connectivity index (χ1) is 16.1. The number of benzene rings is 2. The topological polar surface area (TPSA) is 86.8 Å². The van der Waals surface area contributed by atoms with Crippen molar-refractivity contribution in [2.45, 2.75) is 25.8 Å². The van der Waals surface area contributed by atoms with Crippen molar-refractivity contribution in [3.63, 3.8) is 0 Å². The monoisotopic (exact) mass is 445 g/mol. The molecular weight excluding hydrogens is 421 g/mol. The number of hydrogen-bond acceptors (Lipinski definition) is 3. The second-order valence-corrected chi connectivity index (χ2v) is 9.15. The highest BCUT2D eigenvalue weighted by atomic mass is 19.1. The number of nitrogens with zero attached hydrogens (tertiary/aromatic N) is 3. The molecule has 0 radical (unpaired) electrons. The van der Waals surface area contributed by atoms with Crippen molar-refractivity contribution in [2.24, 2.45) is 11.8 Å². The fourth-order valence-electron chi connectivity index (χ4n) is 4.84. The Morgan fingerprint density at radius 2 is 1.94 bits per heavy atom. The molecule has 1 aliphatic heterocycles. The smallest absolute Gasteiger partial charge is 0.343 e. The van der Waals surface area contributed by atoms with E-state index in [0.29, 0.717) is 30.0 Å². The molecule has 0 bridgehead atoms. The summed E-state index contributed by atoms with van der Waals surface area (Å²) >= 11 is 0. The minimum atomic E-state index is -0.373. The Labute approximate surface area is 189 Å². The highest BCUT2D eigenvalue weighted by molar-refractivity contribution is 5.85. The number of halogens is 1. The molecule has 0 spiro atoms. The van der Waals surface area contributed by atoms with Gasteiger partial charge in [-0.05, 0) is 54.3 Å². The van der Waals surface area contributed by atoms with Crippen LogP contribution in [-0.4, -0.2) is 43.6 Å². The lowest BCUT2D eigenvalue weighted by Gasteiger charge is -2.16. The predicted octanol–water partition coefficient (Wildman–Crippen LogP) is 3.78. The molecule has 1 saturated heterocycles. The third kappa shape index (κ3) is 3.65. The first kappa shape index (κ1) is 20.0. The third-order valence-electron chi connectivity index (χ3n) is 6.82. The normalized spacial score (nSPS) is 18.3. The largest absolute Gasteiger partial charge is 0.361 e. The first-order valence-electron chi connectivity index (χ1n) is 11.4. The van der Waals surface area contributed by atoms with E-state index < -0.39 is 0 Å². The third-order valence-corrected chi connectivity index (χ3v) is 6.82. The molecule has 1 atom stereocenters. The van der Waals surface area contributed by atoms with Crippen molar-refractivity contribution in [1.29, 1.82) is 0 Å². The Morgan fingerprint density at radius 1 is 1.09 bits per heavy atom. The van der Waals surface area contributed by atoms with Crippen LogP contribution in [0.1, 0.15) is 19.3 Å². The number of rotatable bonds is 5. The van der Waals surface area contributed by atoms with Crippen LogP contribution >= 0.6 is 0 Å². The number of aromatic amines is 2. The number of fused-ring (bicyclic) bond motifs is 1. The average molecular weight is 445 g/mol. The van der Waals surface area contributed by atoms with Gasteiger partial charge < -0.3 is 9.88 Å². The number of carbonyl (C=O) groups excluding carboxylic acids is 1. The minimum Gasteiger partial charge on any atom is -0.361 e. The van der Waals surface area contributed by atoms with Gasteiger partial charge in [0.05, 0.1) is 0 Å². The molecule has 3 heterocycles. The molecule has 1 amide bonds. The van der Waals surface area contributed by atoms with E-state index in [1.807, 2.05) is 35.4 Å². The number of aromatic nitrogens is 4. The van der Waals surface area contributed by atoms with Crippen LogP contribution in [0.15, 0.2) is 53.5 Å². The average Bonchev–Trinajstić information content (AvgIpc) is 3.21. The van der Waals surface area contributed by atoms with Crippen molar-refractivity contribution < 1.29 is 9.18 Å². The maximum atomic E-state index is 15.1. The van der Waals surface area contributed by atoms with Crippen LogP contribution in [0.4, 0.5) is 4.39 Å². The maximum absolute atomic E-state index is 15.1. The number of nitrogens with one attached hydrogen (secondary N) is 2. The maximum Gasteiger partial charge on any atom is 0.343 e. The second-order valence-electron chi connectivity index (χ2n) is 9.15. The molecule has 1 aliphatic carbocycles. The van der Waals surface area contributed by atoms with E-state index in [4.69, 9.17) is 0 Å². The molecular formula is C25H24FN5O2. The highest BCUT2D eigenvalue weighted by Crippen LogP contribution is 2.33.